The molecule has 0 saturated heterocycles. The molecule has 5 heteroatoms. The smallest absolute Gasteiger partial charge is 0.211 e. The Balaban J connectivity index is 2.14. The Morgan fingerprint density at radius 2 is 1.42 bits per heavy atom. The Kier molecular flexibility index (Phi) is 7.55. The maximum atomic E-state index is 13.8. The van der Waals surface area contributed by atoms with E-state index < -0.39 is 11.8 Å². The van der Waals surface area contributed by atoms with Gasteiger partial charge >= 0.3 is 0 Å². The maximum absolute atomic E-state index is 13.8. The number of nitrogens with zero attached hydrogens (tertiary/aromatic N) is 1. The van der Waals surface area contributed by atoms with Crippen LogP contribution in [0.15, 0.2) is 84.9 Å². The number of hydrogen-bond acceptors (Lipinski definition) is 4. The minimum atomic E-state index is -0.575. The van der Waals surface area contributed by atoms with Crippen molar-refractivity contribution in [3.8, 4) is 5.75 Å². The molecule has 3 aromatic carbocycles. The molecule has 0 heterocycles. The molecule has 0 fully saturated rings. The van der Waals surface area contributed by atoms with Gasteiger partial charge < -0.3 is 4.74 Å². The number of hydrogen-bond donors (Lipinski definition) is 0. The van der Waals surface area contributed by atoms with Crippen LogP contribution in [-0.4, -0.2) is 24.4 Å². The average molecular weight is 418 g/mol. The topological polar surface area (TPSA) is 69.4 Å². The first-order valence-corrected chi connectivity index (χ1v) is 10.4. The number of rotatable bonds is 10. The summed E-state index contributed by atoms with van der Waals surface area (Å²) in [7, 11) is 1.58. The van der Waals surface area contributed by atoms with Crippen LogP contribution in [0.3, 0.4) is 0 Å². The number of Topliss-reactive ketones (excluding diaryl/α,β-unsaturated/α-hetero) is 1. The zero-order chi connectivity index (χ0) is 22.2. The van der Waals surface area contributed by atoms with Crippen LogP contribution in [0.2, 0.25) is 0 Å². The van der Waals surface area contributed by atoms with E-state index in [4.69, 9.17) is 4.74 Å². The van der Waals surface area contributed by atoms with Crippen LogP contribution in [0.5, 0.6) is 5.75 Å². The van der Waals surface area contributed by atoms with Gasteiger partial charge in [0.1, 0.15) is 5.75 Å². The van der Waals surface area contributed by atoms with E-state index in [0.29, 0.717) is 17.7 Å². The average Bonchev–Trinajstić information content (AvgIpc) is 2.82. The third kappa shape index (κ3) is 5.37. The fourth-order valence-corrected chi connectivity index (χ4v) is 4.28. The molecule has 160 valence electrons. The van der Waals surface area contributed by atoms with Gasteiger partial charge in [0.25, 0.3) is 0 Å². The van der Waals surface area contributed by atoms with E-state index in [1.807, 2.05) is 67.6 Å². The summed E-state index contributed by atoms with van der Waals surface area (Å²) in [6.07, 6.45) is 0.692. The predicted octanol–water partition coefficient (Wildman–Crippen LogP) is 5.75. The molecule has 0 saturated carbocycles. The number of carbonyl (C=O) groups is 1. The molecular formula is C26H27NO4. The van der Waals surface area contributed by atoms with Crippen LogP contribution >= 0.6 is 0 Å². The summed E-state index contributed by atoms with van der Waals surface area (Å²) in [5.41, 5.74) is 2.35. The Labute approximate surface area is 182 Å². The van der Waals surface area contributed by atoms with Gasteiger partial charge in [-0.25, -0.2) is 0 Å². The third-order valence-electron chi connectivity index (χ3n) is 5.79. The molecule has 0 bridgehead atoms. The molecule has 0 aliphatic carbocycles. The van der Waals surface area contributed by atoms with Gasteiger partial charge in [-0.3, -0.25) is 14.9 Å². The Hall–Kier alpha value is -3.47. The van der Waals surface area contributed by atoms with Crippen molar-refractivity contribution in [3.63, 3.8) is 0 Å². The number of nitro groups is 1. The second-order valence-electron chi connectivity index (χ2n) is 7.58. The van der Waals surface area contributed by atoms with Crippen molar-refractivity contribution in [1.29, 1.82) is 0 Å². The minimum Gasteiger partial charge on any atom is -0.497 e. The second-order valence-corrected chi connectivity index (χ2v) is 7.58. The van der Waals surface area contributed by atoms with E-state index in [1.165, 1.54) is 0 Å². The third-order valence-corrected chi connectivity index (χ3v) is 5.79. The lowest BCUT2D eigenvalue weighted by Crippen LogP contribution is -2.32. The van der Waals surface area contributed by atoms with Crippen LogP contribution < -0.4 is 4.74 Å². The Morgan fingerprint density at radius 3 is 1.94 bits per heavy atom. The van der Waals surface area contributed by atoms with Gasteiger partial charge in [-0.1, -0.05) is 79.7 Å². The molecule has 3 atom stereocenters. The van der Waals surface area contributed by atoms with Crippen LogP contribution in [0.25, 0.3) is 0 Å². The molecule has 0 radical (unpaired) electrons. The van der Waals surface area contributed by atoms with Gasteiger partial charge in [0.2, 0.25) is 6.54 Å². The molecule has 3 aromatic rings. The van der Waals surface area contributed by atoms with E-state index in [2.05, 4.69) is 0 Å². The molecular weight excluding hydrogens is 390 g/mol. The summed E-state index contributed by atoms with van der Waals surface area (Å²) in [6, 6.07) is 26.1. The fourth-order valence-electron chi connectivity index (χ4n) is 4.28. The molecule has 0 aromatic heterocycles. The van der Waals surface area contributed by atoms with Gasteiger partial charge in [-0.05, 0) is 35.6 Å². The highest BCUT2D eigenvalue weighted by Crippen LogP contribution is 2.41. The first-order chi connectivity index (χ1) is 15.0. The highest BCUT2D eigenvalue weighted by atomic mass is 16.6. The molecule has 0 amide bonds. The number of carbonyl (C=O) groups excluding carboxylic acids is 1. The SMILES string of the molecule is CC[C@@H](c1ccccc1)[C@@H](C(=O)c1ccccc1)[C@H](C[N+](=O)[O-])c1ccc(OC)cc1. The van der Waals surface area contributed by atoms with Gasteiger partial charge in [-0.15, -0.1) is 0 Å². The summed E-state index contributed by atoms with van der Waals surface area (Å²) < 4.78 is 5.24. The molecule has 0 N–H and O–H groups in total. The van der Waals surface area contributed by atoms with Crippen molar-refractivity contribution in [2.24, 2.45) is 5.92 Å². The summed E-state index contributed by atoms with van der Waals surface area (Å²) in [5.74, 6) is -0.697. The molecule has 0 aliphatic heterocycles. The largest absolute Gasteiger partial charge is 0.497 e. The van der Waals surface area contributed by atoms with Crippen molar-refractivity contribution in [2.75, 3.05) is 13.7 Å². The lowest BCUT2D eigenvalue weighted by Gasteiger charge is -2.31. The zero-order valence-corrected chi connectivity index (χ0v) is 17.8. The first kappa shape index (κ1) is 22.2. The fraction of sp³-hybridized carbons (Fsp3) is 0.269. The molecule has 0 unspecified atom stereocenters. The van der Waals surface area contributed by atoms with Gasteiger partial charge in [0.05, 0.1) is 13.0 Å². The van der Waals surface area contributed by atoms with Crippen LogP contribution in [-0.2, 0) is 0 Å². The highest BCUT2D eigenvalue weighted by molar-refractivity contribution is 5.99. The summed E-state index contributed by atoms with van der Waals surface area (Å²) in [6.45, 7) is 1.71. The van der Waals surface area contributed by atoms with E-state index in [9.17, 15) is 14.9 Å². The van der Waals surface area contributed by atoms with E-state index >= 15 is 0 Å². The normalized spacial score (nSPS) is 13.7. The lowest BCUT2D eigenvalue weighted by molar-refractivity contribution is -0.484. The summed E-state index contributed by atoms with van der Waals surface area (Å²) in [4.78, 5) is 25.2. The van der Waals surface area contributed by atoms with Crippen molar-refractivity contribution in [1.82, 2.24) is 0 Å². The molecule has 31 heavy (non-hydrogen) atoms. The van der Waals surface area contributed by atoms with Crippen LogP contribution in [0, 0.1) is 16.0 Å². The minimum absolute atomic E-state index is 0.0704. The number of methoxy groups -OCH3 is 1. The maximum Gasteiger partial charge on any atom is 0.211 e. The van der Waals surface area contributed by atoms with Crippen molar-refractivity contribution >= 4 is 5.78 Å². The number of ether oxygens (including phenoxy) is 1. The number of benzene rings is 3. The van der Waals surface area contributed by atoms with Crippen LogP contribution in [0.4, 0.5) is 0 Å². The monoisotopic (exact) mass is 417 g/mol. The summed E-state index contributed by atoms with van der Waals surface area (Å²) in [5, 5.41) is 11.7. The van der Waals surface area contributed by atoms with Crippen LogP contribution in [0.1, 0.15) is 46.7 Å². The lowest BCUT2D eigenvalue weighted by atomic mass is 9.70. The second kappa shape index (κ2) is 10.5. The molecule has 5 nitrogen and oxygen atoms in total. The van der Waals surface area contributed by atoms with Crippen molar-refractivity contribution < 1.29 is 14.5 Å². The Morgan fingerprint density at radius 1 is 0.871 bits per heavy atom. The zero-order valence-electron chi connectivity index (χ0n) is 17.8. The highest BCUT2D eigenvalue weighted by Gasteiger charge is 2.39. The van der Waals surface area contributed by atoms with Gasteiger partial charge in [-0.2, -0.15) is 0 Å². The van der Waals surface area contributed by atoms with Gasteiger partial charge in [0.15, 0.2) is 5.78 Å². The van der Waals surface area contributed by atoms with Gasteiger partial charge in [0, 0.05) is 16.4 Å². The van der Waals surface area contributed by atoms with Crippen molar-refractivity contribution in [3.05, 3.63) is 112 Å². The molecule has 0 spiro atoms. The Bertz CT molecular complexity index is 987. The molecule has 0 aliphatic rings. The molecule has 3 rings (SSSR count). The first-order valence-electron chi connectivity index (χ1n) is 10.4. The summed E-state index contributed by atoms with van der Waals surface area (Å²) >= 11 is 0. The quantitative estimate of drug-likeness (QED) is 0.239. The number of ketones is 1. The van der Waals surface area contributed by atoms with E-state index in [1.54, 1.807) is 31.4 Å². The standard InChI is InChI=1S/C26H27NO4/c1-3-23(19-10-6-4-7-11-19)25(26(28)21-12-8-5-9-13-21)24(18-27(29)30)20-14-16-22(31-2)17-15-20/h4-17,23-25H,3,18H2,1-2H3/t23-,24+,25+/m0/s1. The van der Waals surface area contributed by atoms with Crippen molar-refractivity contribution in [2.45, 2.75) is 25.2 Å². The predicted molar refractivity (Wildman–Crippen MR) is 121 cm³/mol. The van der Waals surface area contributed by atoms with E-state index in [-0.39, 0.29) is 23.2 Å². The van der Waals surface area contributed by atoms with E-state index in [0.717, 1.165) is 11.1 Å².